The van der Waals surface area contributed by atoms with E-state index in [9.17, 15) is 14.4 Å². The molecule has 1 fully saturated rings. The first-order valence-electron chi connectivity index (χ1n) is 11.3. The van der Waals surface area contributed by atoms with Gasteiger partial charge in [0.05, 0.1) is 29.3 Å². The molecule has 0 bridgehead atoms. The van der Waals surface area contributed by atoms with Crippen molar-refractivity contribution in [2.24, 2.45) is 0 Å². The van der Waals surface area contributed by atoms with Gasteiger partial charge in [-0.1, -0.05) is 30.3 Å². The van der Waals surface area contributed by atoms with Crippen LogP contribution in [0.5, 0.6) is 0 Å². The minimum Gasteiger partial charge on any atom is -0.353 e. The van der Waals surface area contributed by atoms with Gasteiger partial charge in [-0.25, -0.2) is 4.68 Å². The first kappa shape index (κ1) is 21.8. The molecule has 2 N–H and O–H groups in total. The molecule has 2 aliphatic rings. The van der Waals surface area contributed by atoms with E-state index in [4.69, 9.17) is 5.10 Å². The maximum atomic E-state index is 13.4. The van der Waals surface area contributed by atoms with Gasteiger partial charge in [0.1, 0.15) is 12.6 Å². The van der Waals surface area contributed by atoms with Crippen molar-refractivity contribution in [3.63, 3.8) is 0 Å². The Kier molecular flexibility index (Phi) is 5.62. The zero-order chi connectivity index (χ0) is 23.8. The summed E-state index contributed by atoms with van der Waals surface area (Å²) in [4.78, 5) is 42.1. The predicted molar refractivity (Wildman–Crippen MR) is 128 cm³/mol. The van der Waals surface area contributed by atoms with Crippen LogP contribution in [0.4, 0.5) is 11.4 Å². The number of carbonyl (C=O) groups is 3. The summed E-state index contributed by atoms with van der Waals surface area (Å²) in [5.41, 5.74) is 4.56. The summed E-state index contributed by atoms with van der Waals surface area (Å²) in [6, 6.07) is 16.3. The van der Waals surface area contributed by atoms with Crippen LogP contribution in [-0.4, -0.2) is 58.6 Å². The monoisotopic (exact) mass is 458 g/mol. The molecule has 9 heteroatoms. The van der Waals surface area contributed by atoms with E-state index in [1.807, 2.05) is 72.0 Å². The number of nitrogens with zero attached hydrogens (tertiary/aromatic N) is 4. The van der Waals surface area contributed by atoms with Crippen LogP contribution in [0.2, 0.25) is 0 Å². The van der Waals surface area contributed by atoms with Crippen molar-refractivity contribution in [3.8, 4) is 5.69 Å². The Labute approximate surface area is 197 Å². The fourth-order valence-electron chi connectivity index (χ4n) is 4.78. The van der Waals surface area contributed by atoms with Crippen LogP contribution in [0.3, 0.4) is 0 Å². The van der Waals surface area contributed by atoms with Gasteiger partial charge in [0.15, 0.2) is 0 Å². The molecule has 5 rings (SSSR count). The molecular formula is C25H26N6O3. The lowest BCUT2D eigenvalue weighted by Crippen LogP contribution is -2.54. The number of benzene rings is 2. The molecular weight excluding hydrogens is 432 g/mol. The standard InChI is InChI=1S/C25H26N6O3/c1-16-23(17(2)31(28-16)18-8-4-3-5-9-18)24-25(34)26-12-13-29(24)15-22(33)30-14-21(32)27-19-10-6-7-11-20(19)30/h3-11,24H,12-15H2,1-2H3,(H,26,34)(H,27,32). The summed E-state index contributed by atoms with van der Waals surface area (Å²) < 4.78 is 1.83. The van der Waals surface area contributed by atoms with Crippen LogP contribution in [0, 0.1) is 13.8 Å². The molecule has 3 amide bonds. The second-order valence-electron chi connectivity index (χ2n) is 8.54. The lowest BCUT2D eigenvalue weighted by atomic mass is 10.00. The molecule has 2 aromatic carbocycles. The molecule has 1 aromatic heterocycles. The maximum Gasteiger partial charge on any atom is 0.244 e. The van der Waals surface area contributed by atoms with Crippen molar-refractivity contribution in [1.82, 2.24) is 20.0 Å². The fraction of sp³-hybridized carbons (Fsp3) is 0.280. The largest absolute Gasteiger partial charge is 0.353 e. The number of nitrogens with one attached hydrogen (secondary N) is 2. The average Bonchev–Trinajstić information content (AvgIpc) is 3.13. The maximum absolute atomic E-state index is 13.4. The van der Waals surface area contributed by atoms with Gasteiger partial charge in [-0.3, -0.25) is 24.2 Å². The molecule has 34 heavy (non-hydrogen) atoms. The molecule has 0 spiro atoms. The van der Waals surface area contributed by atoms with Gasteiger partial charge < -0.3 is 10.6 Å². The number of hydrogen-bond acceptors (Lipinski definition) is 5. The quantitative estimate of drug-likeness (QED) is 0.623. The van der Waals surface area contributed by atoms with E-state index >= 15 is 0 Å². The van der Waals surface area contributed by atoms with Crippen LogP contribution >= 0.6 is 0 Å². The molecule has 9 nitrogen and oxygen atoms in total. The highest BCUT2D eigenvalue weighted by Crippen LogP contribution is 2.32. The minimum atomic E-state index is -0.649. The van der Waals surface area contributed by atoms with Crippen molar-refractivity contribution in [1.29, 1.82) is 0 Å². The number of anilines is 2. The smallest absolute Gasteiger partial charge is 0.244 e. The zero-order valence-electron chi connectivity index (χ0n) is 19.1. The molecule has 1 unspecified atom stereocenters. The van der Waals surface area contributed by atoms with Crippen molar-refractivity contribution in [3.05, 3.63) is 71.5 Å². The highest BCUT2D eigenvalue weighted by molar-refractivity contribution is 6.10. The lowest BCUT2D eigenvalue weighted by molar-refractivity contribution is -0.131. The van der Waals surface area contributed by atoms with Gasteiger partial charge in [0.25, 0.3) is 0 Å². The molecule has 0 saturated carbocycles. The molecule has 2 aliphatic heterocycles. The minimum absolute atomic E-state index is 0.00903. The van der Waals surface area contributed by atoms with Crippen LogP contribution in [0.25, 0.3) is 5.69 Å². The van der Waals surface area contributed by atoms with Crippen LogP contribution in [0.1, 0.15) is 23.0 Å². The van der Waals surface area contributed by atoms with Gasteiger partial charge in [0.2, 0.25) is 17.7 Å². The Balaban J connectivity index is 1.46. The van der Waals surface area contributed by atoms with Gasteiger partial charge >= 0.3 is 0 Å². The summed E-state index contributed by atoms with van der Waals surface area (Å²) in [5, 5.41) is 10.4. The topological polar surface area (TPSA) is 99.6 Å². The lowest BCUT2D eigenvalue weighted by Gasteiger charge is -2.37. The molecule has 3 heterocycles. The fourth-order valence-corrected chi connectivity index (χ4v) is 4.78. The Morgan fingerprint density at radius 1 is 1.06 bits per heavy atom. The van der Waals surface area contributed by atoms with Crippen molar-refractivity contribution < 1.29 is 14.4 Å². The highest BCUT2D eigenvalue weighted by atomic mass is 16.2. The Hall–Kier alpha value is -3.98. The van der Waals surface area contributed by atoms with Gasteiger partial charge in [-0.05, 0) is 38.1 Å². The number of amides is 3. The Bertz CT molecular complexity index is 1270. The molecule has 174 valence electrons. The number of rotatable bonds is 4. The van der Waals surface area contributed by atoms with Crippen molar-refractivity contribution in [2.45, 2.75) is 19.9 Å². The number of aromatic nitrogens is 2. The number of hydrogen-bond donors (Lipinski definition) is 2. The van der Waals surface area contributed by atoms with Crippen LogP contribution in [-0.2, 0) is 14.4 Å². The van der Waals surface area contributed by atoms with E-state index in [1.54, 1.807) is 6.07 Å². The molecule has 3 aromatic rings. The van der Waals surface area contributed by atoms with E-state index in [-0.39, 0.29) is 30.8 Å². The SMILES string of the molecule is Cc1nn(-c2ccccc2)c(C)c1C1C(=O)NCCN1CC(=O)N1CC(=O)Nc2ccccc21. The van der Waals surface area contributed by atoms with Crippen LogP contribution in [0.15, 0.2) is 54.6 Å². The van der Waals surface area contributed by atoms with E-state index in [1.165, 1.54) is 4.90 Å². The van der Waals surface area contributed by atoms with E-state index in [0.29, 0.717) is 24.5 Å². The second kappa shape index (κ2) is 8.75. The number of fused-ring (bicyclic) bond motifs is 1. The molecule has 0 radical (unpaired) electrons. The summed E-state index contributed by atoms with van der Waals surface area (Å²) in [5.74, 6) is -0.627. The average molecular weight is 459 g/mol. The predicted octanol–water partition coefficient (Wildman–Crippen LogP) is 1.95. The third-order valence-corrected chi connectivity index (χ3v) is 6.34. The van der Waals surface area contributed by atoms with E-state index in [2.05, 4.69) is 10.6 Å². The van der Waals surface area contributed by atoms with Crippen molar-refractivity contribution in [2.75, 3.05) is 36.4 Å². The summed E-state index contributed by atoms with van der Waals surface area (Å²) >= 11 is 0. The van der Waals surface area contributed by atoms with Crippen molar-refractivity contribution >= 4 is 29.1 Å². The molecule has 1 saturated heterocycles. The highest BCUT2D eigenvalue weighted by Gasteiger charge is 2.38. The summed E-state index contributed by atoms with van der Waals surface area (Å²) in [6.07, 6.45) is 0. The molecule has 1 atom stereocenters. The Morgan fingerprint density at radius 2 is 1.79 bits per heavy atom. The first-order valence-corrected chi connectivity index (χ1v) is 11.3. The van der Waals surface area contributed by atoms with Gasteiger partial charge in [-0.2, -0.15) is 5.10 Å². The summed E-state index contributed by atoms with van der Waals surface area (Å²) in [6.45, 7) is 4.74. The number of aryl methyl sites for hydroxylation is 1. The van der Waals surface area contributed by atoms with Gasteiger partial charge in [0, 0.05) is 24.3 Å². The zero-order valence-corrected chi connectivity index (χ0v) is 19.1. The normalized spacial score (nSPS) is 18.3. The Morgan fingerprint density at radius 3 is 2.59 bits per heavy atom. The third kappa shape index (κ3) is 3.84. The molecule has 0 aliphatic carbocycles. The number of carbonyl (C=O) groups excluding carboxylic acids is 3. The van der Waals surface area contributed by atoms with Crippen LogP contribution < -0.4 is 15.5 Å². The van der Waals surface area contributed by atoms with E-state index in [0.717, 1.165) is 22.6 Å². The summed E-state index contributed by atoms with van der Waals surface area (Å²) in [7, 11) is 0. The first-order chi connectivity index (χ1) is 16.4. The number of piperazine rings is 1. The third-order valence-electron chi connectivity index (χ3n) is 6.34. The second-order valence-corrected chi connectivity index (χ2v) is 8.54. The number of para-hydroxylation sites is 3. The van der Waals surface area contributed by atoms with Gasteiger partial charge in [-0.15, -0.1) is 0 Å². The van der Waals surface area contributed by atoms with E-state index < -0.39 is 6.04 Å².